The smallest absolute Gasteiger partial charge is 0.259 e. The number of carbonyl (C=O) groups is 4. The van der Waals surface area contributed by atoms with Gasteiger partial charge in [0.05, 0.1) is 30.1 Å². The molecule has 0 radical (unpaired) electrons. The Morgan fingerprint density at radius 2 is 1.79 bits per heavy atom. The summed E-state index contributed by atoms with van der Waals surface area (Å²) >= 11 is 0. The number of aromatic nitrogens is 1. The van der Waals surface area contributed by atoms with Gasteiger partial charge >= 0.3 is 0 Å². The zero-order chi connectivity index (χ0) is 37.6. The van der Waals surface area contributed by atoms with Crippen LogP contribution in [0.3, 0.4) is 0 Å². The average molecular weight is 732 g/mol. The molecule has 3 aliphatic rings. The number of methoxy groups -OCH3 is 1. The minimum absolute atomic E-state index is 0.0101. The molecule has 3 aromatic rings. The van der Waals surface area contributed by atoms with Crippen LogP contribution in [0.25, 0.3) is 22.2 Å². The first-order chi connectivity index (χ1) is 24.6. The summed E-state index contributed by atoms with van der Waals surface area (Å²) in [5.41, 5.74) is -0.146. The highest BCUT2D eigenvalue weighted by Crippen LogP contribution is 2.46. The molecule has 14 heteroatoms. The first kappa shape index (κ1) is 36.8. The number of likely N-dealkylation sites (tertiary alicyclic amines) is 1. The Morgan fingerprint density at radius 3 is 2.38 bits per heavy atom. The van der Waals surface area contributed by atoms with E-state index in [-0.39, 0.29) is 19.4 Å². The van der Waals surface area contributed by atoms with E-state index in [1.54, 1.807) is 19.2 Å². The molecule has 3 fully saturated rings. The van der Waals surface area contributed by atoms with E-state index in [9.17, 15) is 27.6 Å². The van der Waals surface area contributed by atoms with E-state index >= 15 is 0 Å². The Hall–Kier alpha value is -4.98. The normalized spacial score (nSPS) is 23.3. The van der Waals surface area contributed by atoms with Crippen LogP contribution in [-0.4, -0.2) is 84.6 Å². The van der Waals surface area contributed by atoms with E-state index in [1.165, 1.54) is 17.9 Å². The van der Waals surface area contributed by atoms with Gasteiger partial charge in [-0.25, -0.2) is 13.4 Å². The van der Waals surface area contributed by atoms with Crippen LogP contribution in [0, 0.1) is 11.3 Å². The monoisotopic (exact) mass is 731 g/mol. The largest absolute Gasteiger partial charge is 0.497 e. The van der Waals surface area contributed by atoms with Gasteiger partial charge < -0.3 is 25.0 Å². The van der Waals surface area contributed by atoms with Crippen molar-refractivity contribution >= 4 is 44.6 Å². The highest BCUT2D eigenvalue weighted by atomic mass is 32.2. The van der Waals surface area contributed by atoms with Crippen molar-refractivity contribution < 1.29 is 37.1 Å². The minimum Gasteiger partial charge on any atom is -0.497 e. The molecule has 2 heterocycles. The number of hydrogen-bond donors (Lipinski definition) is 3. The number of benzene rings is 2. The van der Waals surface area contributed by atoms with Crippen molar-refractivity contribution in [1.82, 2.24) is 25.2 Å². The average Bonchev–Trinajstić information content (AvgIpc) is 4.03. The van der Waals surface area contributed by atoms with Gasteiger partial charge in [-0.05, 0) is 36.8 Å². The molecule has 0 unspecified atom stereocenters. The lowest BCUT2D eigenvalue weighted by atomic mass is 9.85. The molecule has 2 aromatic carbocycles. The van der Waals surface area contributed by atoms with Gasteiger partial charge in [0.2, 0.25) is 27.7 Å². The van der Waals surface area contributed by atoms with Crippen LogP contribution in [0.2, 0.25) is 0 Å². The summed E-state index contributed by atoms with van der Waals surface area (Å²) in [7, 11) is -2.32. The molecule has 2 saturated carbocycles. The maximum absolute atomic E-state index is 14.3. The van der Waals surface area contributed by atoms with Crippen molar-refractivity contribution in [2.75, 3.05) is 13.7 Å². The van der Waals surface area contributed by atoms with E-state index in [1.807, 2.05) is 63.2 Å². The third-order valence-electron chi connectivity index (χ3n) is 9.90. The molecule has 1 aromatic heterocycles. The highest BCUT2D eigenvalue weighted by Gasteiger charge is 2.62. The Balaban J connectivity index is 1.34. The Morgan fingerprint density at radius 1 is 1.08 bits per heavy atom. The number of nitrogens with zero attached hydrogens (tertiary/aromatic N) is 2. The van der Waals surface area contributed by atoms with Gasteiger partial charge in [-0.2, -0.15) is 0 Å². The van der Waals surface area contributed by atoms with Gasteiger partial charge in [-0.3, -0.25) is 23.9 Å². The van der Waals surface area contributed by atoms with Crippen LogP contribution >= 0.6 is 0 Å². The summed E-state index contributed by atoms with van der Waals surface area (Å²) < 4.78 is 39.6. The van der Waals surface area contributed by atoms with E-state index in [0.717, 1.165) is 5.56 Å². The number of nitrogens with one attached hydrogen (secondary N) is 3. The summed E-state index contributed by atoms with van der Waals surface area (Å²) in [6.45, 7) is 10.5. The third kappa shape index (κ3) is 7.48. The van der Waals surface area contributed by atoms with Crippen molar-refractivity contribution in [1.29, 1.82) is 0 Å². The molecule has 13 nitrogen and oxygen atoms in total. The second-order valence-corrected chi connectivity index (χ2v) is 16.9. The van der Waals surface area contributed by atoms with Gasteiger partial charge in [0.25, 0.3) is 5.91 Å². The first-order valence-corrected chi connectivity index (χ1v) is 18.9. The van der Waals surface area contributed by atoms with E-state index < -0.39 is 74.0 Å². The molecule has 0 bridgehead atoms. The molecule has 1 saturated heterocycles. The maximum atomic E-state index is 14.3. The Bertz CT molecular complexity index is 2030. The second kappa shape index (κ2) is 13.9. The number of fused-ring (bicyclic) bond motifs is 1. The maximum Gasteiger partial charge on any atom is 0.259 e. The van der Waals surface area contributed by atoms with Gasteiger partial charge in [0.15, 0.2) is 0 Å². The van der Waals surface area contributed by atoms with Gasteiger partial charge in [0.1, 0.15) is 35.2 Å². The fourth-order valence-corrected chi connectivity index (χ4v) is 8.11. The topological polar surface area (TPSA) is 173 Å². The number of pyridine rings is 1. The number of amides is 4. The lowest BCUT2D eigenvalue weighted by molar-refractivity contribution is -0.144. The van der Waals surface area contributed by atoms with Crippen molar-refractivity contribution in [3.63, 3.8) is 0 Å². The van der Waals surface area contributed by atoms with E-state index in [0.29, 0.717) is 40.9 Å². The fraction of sp³-hybridized carbons (Fsp3) is 0.447. The van der Waals surface area contributed by atoms with Crippen LogP contribution in [-0.2, 0) is 29.2 Å². The van der Waals surface area contributed by atoms with Crippen LogP contribution in [0.15, 0.2) is 67.3 Å². The molecule has 5 atom stereocenters. The van der Waals surface area contributed by atoms with Crippen molar-refractivity contribution in [3.8, 4) is 22.8 Å². The van der Waals surface area contributed by atoms with Crippen molar-refractivity contribution in [3.05, 3.63) is 67.3 Å². The molecule has 6 rings (SSSR count). The zero-order valence-electron chi connectivity index (χ0n) is 30.0. The minimum atomic E-state index is -3.89. The number of hydrogen-bond acceptors (Lipinski definition) is 9. The predicted octanol–water partition coefficient (Wildman–Crippen LogP) is 3.48. The summed E-state index contributed by atoms with van der Waals surface area (Å²) in [5.74, 6) is -1.80. The van der Waals surface area contributed by atoms with Crippen LogP contribution < -0.4 is 24.8 Å². The van der Waals surface area contributed by atoms with Gasteiger partial charge in [-0.15, -0.1) is 6.58 Å². The SMILES string of the molecule is C=C[C@@H]1C[C@]1(NC(=O)[C@@H]1C[C@@H](Oc2cc(-c3ccccc3)nc3cc(OC)ccc23)CN1C(=O)[C@H](NC(C)=O)C(C)(C)C)C(=O)NS(=O)(=O)C1CC1. The molecular formula is C38H45N5O8S. The van der Waals surface area contributed by atoms with Gasteiger partial charge in [0, 0.05) is 42.3 Å². The highest BCUT2D eigenvalue weighted by molar-refractivity contribution is 7.91. The van der Waals surface area contributed by atoms with E-state index in [2.05, 4.69) is 21.9 Å². The van der Waals surface area contributed by atoms with E-state index in [4.69, 9.17) is 14.5 Å². The summed E-state index contributed by atoms with van der Waals surface area (Å²) in [4.78, 5) is 60.6. The standard InChI is InChI=1S/C38H45N5O8S/c1-7-24-20-38(24,36(47)42-52(48,49)27-14-15-27)41-34(45)31-18-26(21-43(31)35(46)33(37(3,4)5)39-22(2)44)51-32-19-29(23-11-9-8-10-12-23)40-30-17-25(50-6)13-16-28(30)32/h7-13,16-17,19,24,26-27,31,33H,1,14-15,18,20-21H2,2-6H3,(H,39,44)(H,41,45)(H,42,47)/t24-,26-,31+,33+,38-/m1/s1. The number of carbonyl (C=O) groups excluding carboxylic acids is 4. The summed E-state index contributed by atoms with van der Waals surface area (Å²) in [6, 6.07) is 14.7. The first-order valence-electron chi connectivity index (χ1n) is 17.4. The summed E-state index contributed by atoms with van der Waals surface area (Å²) in [5, 5.41) is 5.61. The second-order valence-electron chi connectivity index (χ2n) is 14.9. The number of ether oxygens (including phenoxy) is 2. The zero-order valence-corrected chi connectivity index (χ0v) is 30.8. The molecule has 3 N–H and O–H groups in total. The number of rotatable bonds is 12. The summed E-state index contributed by atoms with van der Waals surface area (Å²) in [6.07, 6.45) is 1.94. The Kier molecular flexibility index (Phi) is 9.81. The van der Waals surface area contributed by atoms with Crippen molar-refractivity contribution in [2.45, 2.75) is 82.4 Å². The third-order valence-corrected chi connectivity index (χ3v) is 11.7. The fourth-order valence-electron chi connectivity index (χ4n) is 6.75. The molecule has 1 aliphatic heterocycles. The van der Waals surface area contributed by atoms with Gasteiger partial charge in [-0.1, -0.05) is 57.2 Å². The molecule has 4 amide bonds. The molecule has 276 valence electrons. The quantitative estimate of drug-likeness (QED) is 0.236. The lowest BCUT2D eigenvalue weighted by Gasteiger charge is -2.35. The van der Waals surface area contributed by atoms with Crippen molar-refractivity contribution in [2.24, 2.45) is 11.3 Å². The van der Waals surface area contributed by atoms with Crippen LogP contribution in [0.4, 0.5) is 0 Å². The molecule has 52 heavy (non-hydrogen) atoms. The lowest BCUT2D eigenvalue weighted by Crippen LogP contribution is -2.60. The molecular weight excluding hydrogens is 687 g/mol. The molecule has 2 aliphatic carbocycles. The van der Waals surface area contributed by atoms with Crippen LogP contribution in [0.1, 0.15) is 53.4 Å². The van der Waals surface area contributed by atoms with Crippen LogP contribution in [0.5, 0.6) is 11.5 Å². The predicted molar refractivity (Wildman–Crippen MR) is 195 cm³/mol. The Labute approximate surface area is 303 Å². The molecule has 0 spiro atoms. The number of sulfonamides is 1.